The van der Waals surface area contributed by atoms with E-state index in [1.54, 1.807) is 16.8 Å². The third kappa shape index (κ3) is 5.71. The van der Waals surface area contributed by atoms with Gasteiger partial charge in [-0.3, -0.25) is 14.4 Å². The van der Waals surface area contributed by atoms with E-state index in [0.717, 1.165) is 12.8 Å². The average molecular weight is 367 g/mol. The van der Waals surface area contributed by atoms with Gasteiger partial charge < -0.3 is 14.9 Å². The van der Waals surface area contributed by atoms with E-state index >= 15 is 0 Å². The van der Waals surface area contributed by atoms with Crippen molar-refractivity contribution < 1.29 is 19.5 Å². The number of hydrogen-bond acceptors (Lipinski definition) is 3. The maximum absolute atomic E-state index is 12.8. The SMILES string of the molecule is CCC(CC1CCCCC1)C(=O)N(C)CC(=O)N1CCC(C(=O)O)CC1. The van der Waals surface area contributed by atoms with Crippen LogP contribution in [0, 0.1) is 17.8 Å². The van der Waals surface area contributed by atoms with Crippen LogP contribution in [-0.2, 0) is 14.4 Å². The van der Waals surface area contributed by atoms with Crippen molar-refractivity contribution in [2.75, 3.05) is 26.7 Å². The first-order valence-corrected chi connectivity index (χ1v) is 10.2. The summed E-state index contributed by atoms with van der Waals surface area (Å²) in [4.78, 5) is 39.5. The number of nitrogens with zero attached hydrogens (tertiary/aromatic N) is 2. The Morgan fingerprint density at radius 3 is 2.23 bits per heavy atom. The molecule has 148 valence electrons. The van der Waals surface area contributed by atoms with E-state index in [4.69, 9.17) is 5.11 Å². The van der Waals surface area contributed by atoms with E-state index in [9.17, 15) is 14.4 Å². The van der Waals surface area contributed by atoms with Gasteiger partial charge in [0.25, 0.3) is 0 Å². The molecule has 2 fully saturated rings. The molecule has 1 atom stereocenters. The number of rotatable bonds is 7. The highest BCUT2D eigenvalue weighted by atomic mass is 16.4. The minimum Gasteiger partial charge on any atom is -0.481 e. The molecule has 2 amide bonds. The van der Waals surface area contributed by atoms with Crippen LogP contribution in [0.2, 0.25) is 0 Å². The molecule has 0 aromatic carbocycles. The minimum atomic E-state index is -0.780. The molecule has 2 rings (SSSR count). The van der Waals surface area contributed by atoms with Gasteiger partial charge in [0.15, 0.2) is 0 Å². The lowest BCUT2D eigenvalue weighted by atomic mass is 9.81. The van der Waals surface area contributed by atoms with E-state index in [0.29, 0.717) is 31.8 Å². The van der Waals surface area contributed by atoms with Crippen LogP contribution in [0.5, 0.6) is 0 Å². The molecule has 6 nitrogen and oxygen atoms in total. The smallest absolute Gasteiger partial charge is 0.306 e. The van der Waals surface area contributed by atoms with E-state index in [2.05, 4.69) is 6.92 Å². The Morgan fingerprint density at radius 2 is 1.69 bits per heavy atom. The zero-order chi connectivity index (χ0) is 19.1. The second kappa shape index (κ2) is 9.93. The van der Waals surface area contributed by atoms with Crippen LogP contribution in [0.4, 0.5) is 0 Å². The van der Waals surface area contributed by atoms with Crippen LogP contribution in [0.25, 0.3) is 0 Å². The molecule has 0 bridgehead atoms. The molecule has 0 spiro atoms. The Morgan fingerprint density at radius 1 is 1.08 bits per heavy atom. The second-order valence-corrected chi connectivity index (χ2v) is 8.03. The number of amides is 2. The van der Waals surface area contributed by atoms with Crippen molar-refractivity contribution >= 4 is 17.8 Å². The van der Waals surface area contributed by atoms with Gasteiger partial charge in [0, 0.05) is 26.1 Å². The second-order valence-electron chi connectivity index (χ2n) is 8.03. The highest BCUT2D eigenvalue weighted by Crippen LogP contribution is 2.30. The molecule has 0 aromatic heterocycles. The van der Waals surface area contributed by atoms with Gasteiger partial charge in [0.1, 0.15) is 0 Å². The van der Waals surface area contributed by atoms with E-state index in [1.807, 2.05) is 0 Å². The lowest BCUT2D eigenvalue weighted by molar-refractivity contribution is -0.147. The van der Waals surface area contributed by atoms with Crippen LogP contribution in [-0.4, -0.2) is 59.4 Å². The molecule has 6 heteroatoms. The Labute approximate surface area is 156 Å². The Bertz CT molecular complexity index is 494. The summed E-state index contributed by atoms with van der Waals surface area (Å²) in [6.45, 7) is 3.09. The van der Waals surface area contributed by atoms with Gasteiger partial charge in [-0.05, 0) is 31.6 Å². The fourth-order valence-corrected chi connectivity index (χ4v) is 4.34. The number of hydrogen-bond donors (Lipinski definition) is 1. The van der Waals surface area contributed by atoms with Crippen molar-refractivity contribution in [3.8, 4) is 0 Å². The van der Waals surface area contributed by atoms with Gasteiger partial charge in [0.2, 0.25) is 11.8 Å². The Kier molecular flexibility index (Phi) is 7.91. The highest BCUT2D eigenvalue weighted by molar-refractivity contribution is 5.86. The first kappa shape index (κ1) is 20.7. The van der Waals surface area contributed by atoms with E-state index in [1.165, 1.54) is 32.1 Å². The summed E-state index contributed by atoms with van der Waals surface area (Å²) < 4.78 is 0. The summed E-state index contributed by atoms with van der Waals surface area (Å²) in [6, 6.07) is 0. The summed E-state index contributed by atoms with van der Waals surface area (Å²) in [7, 11) is 1.72. The summed E-state index contributed by atoms with van der Waals surface area (Å²) in [6.07, 6.45) is 9.07. The molecular formula is C20H34N2O4. The molecule has 1 unspecified atom stereocenters. The molecule has 1 saturated heterocycles. The van der Waals surface area contributed by atoms with Crippen molar-refractivity contribution in [2.45, 2.75) is 64.7 Å². The molecule has 1 aliphatic heterocycles. The van der Waals surface area contributed by atoms with E-state index in [-0.39, 0.29) is 30.2 Å². The van der Waals surface area contributed by atoms with Crippen LogP contribution in [0.15, 0.2) is 0 Å². The fraction of sp³-hybridized carbons (Fsp3) is 0.850. The number of likely N-dealkylation sites (tertiary alicyclic amines) is 1. The largest absolute Gasteiger partial charge is 0.481 e. The lowest BCUT2D eigenvalue weighted by Crippen LogP contribution is -2.46. The first-order chi connectivity index (χ1) is 12.4. The Hall–Kier alpha value is -1.59. The van der Waals surface area contributed by atoms with Crippen LogP contribution < -0.4 is 0 Å². The van der Waals surface area contributed by atoms with Gasteiger partial charge >= 0.3 is 5.97 Å². The monoisotopic (exact) mass is 366 g/mol. The topological polar surface area (TPSA) is 77.9 Å². The van der Waals surface area contributed by atoms with Crippen LogP contribution in [0.1, 0.15) is 64.7 Å². The molecule has 0 aromatic rings. The first-order valence-electron chi connectivity index (χ1n) is 10.2. The molecule has 0 radical (unpaired) electrons. The zero-order valence-corrected chi connectivity index (χ0v) is 16.3. The number of carboxylic acid groups (broad SMARTS) is 1. The number of likely N-dealkylation sites (N-methyl/N-ethyl adjacent to an activating group) is 1. The lowest BCUT2D eigenvalue weighted by Gasteiger charge is -2.32. The normalized spacial score (nSPS) is 20.6. The van der Waals surface area contributed by atoms with Gasteiger partial charge in [-0.15, -0.1) is 0 Å². The van der Waals surface area contributed by atoms with Crippen LogP contribution >= 0.6 is 0 Å². The summed E-state index contributed by atoms with van der Waals surface area (Å²) in [5, 5.41) is 9.05. The molecule has 1 heterocycles. The maximum Gasteiger partial charge on any atom is 0.306 e. The van der Waals surface area contributed by atoms with Crippen molar-refractivity contribution in [2.24, 2.45) is 17.8 Å². The predicted molar refractivity (Wildman–Crippen MR) is 99.5 cm³/mol. The van der Waals surface area contributed by atoms with Crippen molar-refractivity contribution in [1.82, 2.24) is 9.80 Å². The van der Waals surface area contributed by atoms with Gasteiger partial charge in [-0.25, -0.2) is 0 Å². The van der Waals surface area contributed by atoms with Crippen molar-refractivity contribution in [3.63, 3.8) is 0 Å². The number of aliphatic carboxylic acids is 1. The molecule has 1 aliphatic carbocycles. The molecule has 26 heavy (non-hydrogen) atoms. The van der Waals surface area contributed by atoms with Crippen LogP contribution in [0.3, 0.4) is 0 Å². The van der Waals surface area contributed by atoms with Crippen molar-refractivity contribution in [1.29, 1.82) is 0 Å². The highest BCUT2D eigenvalue weighted by Gasteiger charge is 2.30. The standard InChI is InChI=1S/C20H34N2O4/c1-3-16(13-15-7-5-4-6-8-15)19(24)21(2)14-18(23)22-11-9-17(10-12-22)20(25)26/h15-17H,3-14H2,1-2H3,(H,25,26). The molecule has 1 saturated carbocycles. The maximum atomic E-state index is 12.8. The Balaban J connectivity index is 1.81. The summed E-state index contributed by atoms with van der Waals surface area (Å²) in [5.74, 6) is -0.467. The predicted octanol–water partition coefficient (Wildman–Crippen LogP) is 2.76. The number of carbonyl (C=O) groups is 3. The van der Waals surface area contributed by atoms with Gasteiger partial charge in [0.05, 0.1) is 12.5 Å². The van der Waals surface area contributed by atoms with Gasteiger partial charge in [-0.1, -0.05) is 39.0 Å². The summed E-state index contributed by atoms with van der Waals surface area (Å²) >= 11 is 0. The number of carboxylic acids is 1. The number of piperidine rings is 1. The zero-order valence-electron chi connectivity index (χ0n) is 16.3. The molecular weight excluding hydrogens is 332 g/mol. The minimum absolute atomic E-state index is 0.00801. The van der Waals surface area contributed by atoms with Crippen molar-refractivity contribution in [3.05, 3.63) is 0 Å². The van der Waals surface area contributed by atoms with Gasteiger partial charge in [-0.2, -0.15) is 0 Å². The third-order valence-electron chi connectivity index (χ3n) is 6.13. The average Bonchev–Trinajstić information content (AvgIpc) is 2.66. The molecule has 2 aliphatic rings. The third-order valence-corrected chi connectivity index (χ3v) is 6.13. The summed E-state index contributed by atoms with van der Waals surface area (Å²) in [5.41, 5.74) is 0. The number of carbonyl (C=O) groups excluding carboxylic acids is 2. The fourth-order valence-electron chi connectivity index (χ4n) is 4.34. The van der Waals surface area contributed by atoms with E-state index < -0.39 is 5.97 Å². The quantitative estimate of drug-likeness (QED) is 0.751. The molecule has 1 N–H and O–H groups in total.